The van der Waals surface area contributed by atoms with Crippen LogP contribution in [-0.4, -0.2) is 61.0 Å². The van der Waals surface area contributed by atoms with Crippen LogP contribution in [0.4, 0.5) is 0 Å². The minimum Gasteiger partial charge on any atom is -0.350 e. The Morgan fingerprint density at radius 3 is 2.77 bits per heavy atom. The quantitative estimate of drug-likeness (QED) is 0.901. The SMILES string of the molecule is CCN1CCN([C@@H](C)CNC(=O)c2cc3c(s2)CCC3)CC1. The number of carbonyl (C=O) groups excluding carboxylic acids is 1. The molecule has 1 amide bonds. The van der Waals surface area contributed by atoms with Gasteiger partial charge in [0.1, 0.15) is 0 Å². The van der Waals surface area contributed by atoms with Crippen molar-refractivity contribution in [2.45, 2.75) is 39.2 Å². The molecular weight excluding hydrogens is 294 g/mol. The number of fused-ring (bicyclic) bond motifs is 1. The molecule has 1 aromatic heterocycles. The predicted octanol–water partition coefficient (Wildman–Crippen LogP) is 1.99. The maximum absolute atomic E-state index is 12.3. The van der Waals surface area contributed by atoms with Gasteiger partial charge in [0.2, 0.25) is 0 Å². The number of rotatable bonds is 5. The molecule has 0 radical (unpaired) electrons. The molecule has 2 heterocycles. The lowest BCUT2D eigenvalue weighted by molar-refractivity contribution is 0.0886. The third-order valence-corrected chi connectivity index (χ3v) is 6.24. The third kappa shape index (κ3) is 3.53. The average molecular weight is 321 g/mol. The van der Waals surface area contributed by atoms with Gasteiger partial charge in [-0.1, -0.05) is 6.92 Å². The summed E-state index contributed by atoms with van der Waals surface area (Å²) in [7, 11) is 0. The van der Waals surface area contributed by atoms with Gasteiger partial charge in [-0.15, -0.1) is 11.3 Å². The number of carbonyl (C=O) groups is 1. The van der Waals surface area contributed by atoms with Crippen LogP contribution in [0.15, 0.2) is 6.07 Å². The number of thiophene rings is 1. The summed E-state index contributed by atoms with van der Waals surface area (Å²) in [6.07, 6.45) is 3.56. The van der Waals surface area contributed by atoms with Gasteiger partial charge in [-0.2, -0.15) is 0 Å². The van der Waals surface area contributed by atoms with Gasteiger partial charge in [0.15, 0.2) is 0 Å². The van der Waals surface area contributed by atoms with Crippen molar-refractivity contribution in [2.75, 3.05) is 39.3 Å². The van der Waals surface area contributed by atoms with E-state index in [1.54, 1.807) is 11.3 Å². The van der Waals surface area contributed by atoms with Crippen molar-refractivity contribution in [3.8, 4) is 0 Å². The normalized spacial score (nSPS) is 20.8. The summed E-state index contributed by atoms with van der Waals surface area (Å²) < 4.78 is 0. The minimum atomic E-state index is 0.110. The van der Waals surface area contributed by atoms with Crippen LogP contribution in [0.2, 0.25) is 0 Å². The summed E-state index contributed by atoms with van der Waals surface area (Å²) in [5.41, 5.74) is 1.40. The Morgan fingerprint density at radius 2 is 2.09 bits per heavy atom. The summed E-state index contributed by atoms with van der Waals surface area (Å²) in [5, 5.41) is 3.13. The van der Waals surface area contributed by atoms with Crippen molar-refractivity contribution >= 4 is 17.2 Å². The van der Waals surface area contributed by atoms with E-state index < -0.39 is 0 Å². The number of aryl methyl sites for hydroxylation is 2. The number of likely N-dealkylation sites (N-methyl/N-ethyl adjacent to an activating group) is 1. The smallest absolute Gasteiger partial charge is 0.261 e. The fourth-order valence-corrected chi connectivity index (χ4v) is 4.59. The molecule has 5 heteroatoms. The second-order valence-electron chi connectivity index (χ2n) is 6.44. The lowest BCUT2D eigenvalue weighted by Gasteiger charge is -2.37. The summed E-state index contributed by atoms with van der Waals surface area (Å²) in [6, 6.07) is 2.52. The molecule has 0 unspecified atom stereocenters. The molecule has 1 saturated heterocycles. The van der Waals surface area contributed by atoms with Crippen molar-refractivity contribution < 1.29 is 4.79 Å². The zero-order valence-corrected chi connectivity index (χ0v) is 14.5. The van der Waals surface area contributed by atoms with E-state index in [0.29, 0.717) is 6.04 Å². The van der Waals surface area contributed by atoms with Crippen LogP contribution in [0, 0.1) is 0 Å². The van der Waals surface area contributed by atoms with Crippen LogP contribution in [0.3, 0.4) is 0 Å². The first-order valence-electron chi connectivity index (χ1n) is 8.53. The van der Waals surface area contributed by atoms with E-state index >= 15 is 0 Å². The maximum Gasteiger partial charge on any atom is 0.261 e. The summed E-state index contributed by atoms with van der Waals surface area (Å²) >= 11 is 1.69. The highest BCUT2D eigenvalue weighted by molar-refractivity contribution is 7.14. The Morgan fingerprint density at radius 1 is 1.32 bits per heavy atom. The molecule has 4 nitrogen and oxygen atoms in total. The minimum absolute atomic E-state index is 0.110. The number of amides is 1. The van der Waals surface area contributed by atoms with Crippen LogP contribution in [0.5, 0.6) is 0 Å². The van der Waals surface area contributed by atoms with Crippen LogP contribution < -0.4 is 5.32 Å². The molecule has 2 aliphatic rings. The van der Waals surface area contributed by atoms with Gasteiger partial charge >= 0.3 is 0 Å². The van der Waals surface area contributed by atoms with Crippen molar-refractivity contribution in [2.24, 2.45) is 0 Å². The first-order valence-corrected chi connectivity index (χ1v) is 9.35. The van der Waals surface area contributed by atoms with Gasteiger partial charge in [0, 0.05) is 43.6 Å². The molecule has 122 valence electrons. The van der Waals surface area contributed by atoms with Crippen LogP contribution in [-0.2, 0) is 12.8 Å². The van der Waals surface area contributed by atoms with Crippen molar-refractivity contribution in [3.63, 3.8) is 0 Å². The third-order valence-electron chi connectivity index (χ3n) is 5.01. The van der Waals surface area contributed by atoms with Crippen LogP contribution in [0.25, 0.3) is 0 Å². The monoisotopic (exact) mass is 321 g/mol. The van der Waals surface area contributed by atoms with Gasteiger partial charge in [-0.3, -0.25) is 9.69 Å². The van der Waals surface area contributed by atoms with E-state index in [4.69, 9.17) is 0 Å². The van der Waals surface area contributed by atoms with Crippen molar-refractivity contribution in [1.82, 2.24) is 15.1 Å². The van der Waals surface area contributed by atoms with Gasteiger partial charge in [-0.25, -0.2) is 0 Å². The van der Waals surface area contributed by atoms with E-state index in [0.717, 1.165) is 57.0 Å². The number of nitrogens with one attached hydrogen (secondary N) is 1. The number of hydrogen-bond acceptors (Lipinski definition) is 4. The van der Waals surface area contributed by atoms with E-state index in [1.165, 1.54) is 16.9 Å². The Hall–Kier alpha value is -0.910. The topological polar surface area (TPSA) is 35.6 Å². The molecule has 1 aromatic rings. The zero-order chi connectivity index (χ0) is 15.5. The highest BCUT2D eigenvalue weighted by Gasteiger charge is 2.22. The molecule has 1 aliphatic carbocycles. The maximum atomic E-state index is 12.3. The predicted molar refractivity (Wildman–Crippen MR) is 91.8 cm³/mol. The van der Waals surface area contributed by atoms with Gasteiger partial charge < -0.3 is 10.2 Å². The lowest BCUT2D eigenvalue weighted by atomic mass is 10.2. The van der Waals surface area contributed by atoms with Crippen LogP contribution in [0.1, 0.15) is 40.4 Å². The molecule has 0 aromatic carbocycles. The molecule has 0 spiro atoms. The Balaban J connectivity index is 1.46. The molecule has 3 rings (SSSR count). The molecule has 22 heavy (non-hydrogen) atoms. The van der Waals surface area contributed by atoms with Gasteiger partial charge in [-0.05, 0) is 44.4 Å². The molecule has 0 bridgehead atoms. The Bertz CT molecular complexity index is 498. The van der Waals surface area contributed by atoms with E-state index in [2.05, 4.69) is 35.0 Å². The number of hydrogen-bond donors (Lipinski definition) is 1. The molecule has 1 aliphatic heterocycles. The summed E-state index contributed by atoms with van der Waals surface area (Å²) in [5.74, 6) is 0.110. The highest BCUT2D eigenvalue weighted by Crippen LogP contribution is 2.30. The second kappa shape index (κ2) is 7.11. The molecular formula is C17H27N3OS. The first-order chi connectivity index (χ1) is 10.7. The average Bonchev–Trinajstić information content (AvgIpc) is 3.14. The molecule has 1 atom stereocenters. The fraction of sp³-hybridized carbons (Fsp3) is 0.706. The highest BCUT2D eigenvalue weighted by atomic mass is 32.1. The van der Waals surface area contributed by atoms with Crippen LogP contribution >= 0.6 is 11.3 Å². The first kappa shape index (κ1) is 16.0. The van der Waals surface area contributed by atoms with Gasteiger partial charge in [0.25, 0.3) is 5.91 Å². The van der Waals surface area contributed by atoms with Crippen molar-refractivity contribution in [3.05, 3.63) is 21.4 Å². The molecule has 1 N–H and O–H groups in total. The van der Waals surface area contributed by atoms with E-state index in [-0.39, 0.29) is 5.91 Å². The Kier molecular flexibility index (Phi) is 5.16. The summed E-state index contributed by atoms with van der Waals surface area (Å²) in [6.45, 7) is 10.8. The molecule has 0 saturated carbocycles. The zero-order valence-electron chi connectivity index (χ0n) is 13.7. The molecule has 1 fully saturated rings. The number of nitrogens with zero attached hydrogens (tertiary/aromatic N) is 2. The second-order valence-corrected chi connectivity index (χ2v) is 7.58. The fourth-order valence-electron chi connectivity index (χ4n) is 3.42. The van der Waals surface area contributed by atoms with E-state index in [9.17, 15) is 4.79 Å². The number of piperazine rings is 1. The lowest BCUT2D eigenvalue weighted by Crippen LogP contribution is -2.52. The Labute approximate surface area is 137 Å². The van der Waals surface area contributed by atoms with Crippen molar-refractivity contribution in [1.29, 1.82) is 0 Å². The standard InChI is InChI=1S/C17H27N3OS/c1-3-19-7-9-20(10-8-19)13(2)12-18-17(21)16-11-14-5-4-6-15(14)22-16/h11,13H,3-10,12H2,1-2H3,(H,18,21)/t13-/m0/s1. The largest absolute Gasteiger partial charge is 0.350 e. The van der Waals surface area contributed by atoms with E-state index in [1.807, 2.05) is 0 Å². The summed E-state index contributed by atoms with van der Waals surface area (Å²) in [4.78, 5) is 19.6. The van der Waals surface area contributed by atoms with Gasteiger partial charge in [0.05, 0.1) is 4.88 Å².